The third kappa shape index (κ3) is 7.64. The first-order chi connectivity index (χ1) is 9.80. The predicted molar refractivity (Wildman–Crippen MR) is 86.5 cm³/mol. The lowest BCUT2D eigenvalue weighted by Gasteiger charge is -2.02. The van der Waals surface area contributed by atoms with E-state index in [1.807, 2.05) is 38.1 Å². The van der Waals surface area contributed by atoms with Crippen molar-refractivity contribution in [2.45, 2.75) is 47.1 Å². The minimum absolute atomic E-state index is 0.463. The topological polar surface area (TPSA) is 51.8 Å². The first-order valence-corrected chi connectivity index (χ1v) is 7.33. The fourth-order valence-corrected chi connectivity index (χ4v) is 1.46. The highest BCUT2D eigenvalue weighted by molar-refractivity contribution is 5.22. The van der Waals surface area contributed by atoms with E-state index in [2.05, 4.69) is 35.9 Å². The lowest BCUT2D eigenvalue weighted by molar-refractivity contribution is 0.928. The summed E-state index contributed by atoms with van der Waals surface area (Å²) >= 11 is 0. The summed E-state index contributed by atoms with van der Waals surface area (Å²) in [6, 6.07) is 12.2. The Morgan fingerprint density at radius 1 is 0.950 bits per heavy atom. The summed E-state index contributed by atoms with van der Waals surface area (Å²) in [7, 11) is 0. The Balaban J connectivity index is 0.000000641. The number of hydrogen-bond acceptors (Lipinski definition) is 3. The van der Waals surface area contributed by atoms with Gasteiger partial charge in [-0.25, -0.2) is 9.97 Å². The molecule has 3 heteroatoms. The van der Waals surface area contributed by atoms with Gasteiger partial charge >= 0.3 is 0 Å². The third-order valence-corrected chi connectivity index (χ3v) is 2.22. The molecule has 2 rings (SSSR count). The summed E-state index contributed by atoms with van der Waals surface area (Å²) in [4.78, 5) is 8.28. The molecule has 0 bridgehead atoms. The minimum Gasteiger partial charge on any atom is -0.325 e. The second-order valence-electron chi connectivity index (χ2n) is 4.07. The molecule has 0 aliphatic rings. The maximum absolute atomic E-state index is 5.52. The molecule has 20 heavy (non-hydrogen) atoms. The molecule has 1 aromatic carbocycles. The zero-order valence-electron chi connectivity index (χ0n) is 13.1. The van der Waals surface area contributed by atoms with Gasteiger partial charge in [0, 0.05) is 18.7 Å². The highest BCUT2D eigenvalue weighted by atomic mass is 14.8. The van der Waals surface area contributed by atoms with Gasteiger partial charge in [0.15, 0.2) is 0 Å². The molecular weight excluding hydrogens is 246 g/mol. The Kier molecular flexibility index (Phi) is 11.2. The second kappa shape index (κ2) is 12.3. The Morgan fingerprint density at radius 2 is 1.50 bits per heavy atom. The van der Waals surface area contributed by atoms with E-state index >= 15 is 0 Å². The molecule has 3 nitrogen and oxygen atoms in total. The second-order valence-corrected chi connectivity index (χ2v) is 4.07. The first-order valence-electron chi connectivity index (χ1n) is 7.33. The van der Waals surface area contributed by atoms with E-state index in [1.54, 1.807) is 6.33 Å². The number of hydrogen-bond donors (Lipinski definition) is 1. The van der Waals surface area contributed by atoms with Crippen molar-refractivity contribution >= 4 is 0 Å². The van der Waals surface area contributed by atoms with Gasteiger partial charge < -0.3 is 5.73 Å². The number of nitrogens with zero attached hydrogens (tertiary/aromatic N) is 2. The minimum atomic E-state index is 0.463. The van der Waals surface area contributed by atoms with Gasteiger partial charge in [0.1, 0.15) is 6.33 Å². The van der Waals surface area contributed by atoms with Gasteiger partial charge in [-0.05, 0) is 11.6 Å². The highest BCUT2D eigenvalue weighted by Crippen LogP contribution is 2.06. The molecule has 0 radical (unpaired) electrons. The third-order valence-electron chi connectivity index (χ3n) is 2.22. The van der Waals surface area contributed by atoms with Crippen molar-refractivity contribution < 1.29 is 0 Å². The van der Waals surface area contributed by atoms with Gasteiger partial charge in [0.2, 0.25) is 0 Å². The zero-order chi connectivity index (χ0) is 15.2. The quantitative estimate of drug-likeness (QED) is 0.920. The van der Waals surface area contributed by atoms with Crippen LogP contribution in [0.25, 0.3) is 0 Å². The van der Waals surface area contributed by atoms with Gasteiger partial charge in [-0.3, -0.25) is 0 Å². The Labute approximate surface area is 123 Å². The first kappa shape index (κ1) is 18.3. The lowest BCUT2D eigenvalue weighted by Crippen LogP contribution is -2.02. The van der Waals surface area contributed by atoms with E-state index in [1.165, 1.54) is 12.0 Å². The molecule has 0 spiro atoms. The molecule has 1 aromatic heterocycles. The van der Waals surface area contributed by atoms with Crippen LogP contribution in [0.1, 0.15) is 51.1 Å². The average molecular weight is 273 g/mol. The molecule has 2 aromatic rings. The molecule has 0 amide bonds. The van der Waals surface area contributed by atoms with Crippen molar-refractivity contribution in [3.05, 3.63) is 59.7 Å². The Morgan fingerprint density at radius 3 is 2.05 bits per heavy atom. The van der Waals surface area contributed by atoms with Crippen LogP contribution in [0.4, 0.5) is 0 Å². The number of aromatic nitrogens is 2. The Hall–Kier alpha value is -1.74. The van der Waals surface area contributed by atoms with Crippen molar-refractivity contribution in [3.8, 4) is 0 Å². The average Bonchev–Trinajstić information content (AvgIpc) is 2.51. The zero-order valence-corrected chi connectivity index (χ0v) is 13.1. The summed E-state index contributed by atoms with van der Waals surface area (Å²) in [5, 5.41) is 0. The van der Waals surface area contributed by atoms with E-state index in [9.17, 15) is 0 Å². The number of benzene rings is 1. The molecular formula is C17H27N3. The molecule has 1 heterocycles. The van der Waals surface area contributed by atoms with Crippen molar-refractivity contribution in [1.29, 1.82) is 0 Å². The standard InChI is InChI=1S/C12H13N3.C3H8.C2H6/c13-8-12-7-11(14-9-15-12)6-10-4-2-1-3-5-10;1-3-2;1-2/h1-5,7,9H,6,8,13H2;3H2,1-2H3;1-2H3. The van der Waals surface area contributed by atoms with Crippen LogP contribution >= 0.6 is 0 Å². The smallest absolute Gasteiger partial charge is 0.115 e. The van der Waals surface area contributed by atoms with Crippen LogP contribution in [0.2, 0.25) is 0 Å². The molecule has 0 aliphatic carbocycles. The van der Waals surface area contributed by atoms with Crippen molar-refractivity contribution in [3.63, 3.8) is 0 Å². The Bertz CT molecular complexity index is 441. The fourth-order valence-electron chi connectivity index (χ4n) is 1.46. The normalized spacial score (nSPS) is 8.85. The van der Waals surface area contributed by atoms with Crippen LogP contribution in [0.15, 0.2) is 42.7 Å². The summed E-state index contributed by atoms with van der Waals surface area (Å²) < 4.78 is 0. The summed E-state index contributed by atoms with van der Waals surface area (Å²) in [6.45, 7) is 8.71. The lowest BCUT2D eigenvalue weighted by atomic mass is 10.1. The van der Waals surface area contributed by atoms with Crippen molar-refractivity contribution in [2.24, 2.45) is 5.73 Å². The SMILES string of the molecule is CC.CCC.NCc1cc(Cc2ccccc2)ncn1. The van der Waals surface area contributed by atoms with Crippen LogP contribution in [0.3, 0.4) is 0 Å². The molecule has 0 aliphatic heterocycles. The predicted octanol–water partition coefficient (Wildman–Crippen LogP) is 3.97. The monoisotopic (exact) mass is 273 g/mol. The molecule has 0 fully saturated rings. The maximum atomic E-state index is 5.52. The van der Waals surface area contributed by atoms with Crippen LogP contribution in [0, 0.1) is 0 Å². The van der Waals surface area contributed by atoms with E-state index in [4.69, 9.17) is 5.73 Å². The van der Waals surface area contributed by atoms with Gasteiger partial charge in [-0.15, -0.1) is 0 Å². The number of nitrogens with two attached hydrogens (primary N) is 1. The van der Waals surface area contributed by atoms with Crippen molar-refractivity contribution in [1.82, 2.24) is 9.97 Å². The van der Waals surface area contributed by atoms with E-state index in [0.717, 1.165) is 17.8 Å². The van der Waals surface area contributed by atoms with Crippen LogP contribution in [-0.2, 0) is 13.0 Å². The van der Waals surface area contributed by atoms with Crippen LogP contribution in [0.5, 0.6) is 0 Å². The molecule has 110 valence electrons. The van der Waals surface area contributed by atoms with E-state index in [0.29, 0.717) is 6.54 Å². The fraction of sp³-hybridized carbons (Fsp3) is 0.412. The highest BCUT2D eigenvalue weighted by Gasteiger charge is 1.98. The molecule has 2 N–H and O–H groups in total. The van der Waals surface area contributed by atoms with E-state index < -0.39 is 0 Å². The van der Waals surface area contributed by atoms with Crippen LogP contribution < -0.4 is 5.73 Å². The van der Waals surface area contributed by atoms with Gasteiger partial charge in [-0.2, -0.15) is 0 Å². The van der Waals surface area contributed by atoms with Gasteiger partial charge in [0.05, 0.1) is 5.69 Å². The van der Waals surface area contributed by atoms with E-state index in [-0.39, 0.29) is 0 Å². The van der Waals surface area contributed by atoms with Gasteiger partial charge in [0.25, 0.3) is 0 Å². The largest absolute Gasteiger partial charge is 0.325 e. The molecule has 0 saturated heterocycles. The van der Waals surface area contributed by atoms with Crippen LogP contribution in [-0.4, -0.2) is 9.97 Å². The summed E-state index contributed by atoms with van der Waals surface area (Å²) in [5.74, 6) is 0. The number of rotatable bonds is 3. The van der Waals surface area contributed by atoms with Crippen molar-refractivity contribution in [2.75, 3.05) is 0 Å². The van der Waals surface area contributed by atoms with Gasteiger partial charge in [-0.1, -0.05) is 64.4 Å². The maximum Gasteiger partial charge on any atom is 0.115 e. The molecule has 0 unspecified atom stereocenters. The summed E-state index contributed by atoms with van der Waals surface area (Å²) in [6.07, 6.45) is 3.65. The summed E-state index contributed by atoms with van der Waals surface area (Å²) in [5.41, 5.74) is 8.67. The molecule has 0 atom stereocenters. The molecule has 0 saturated carbocycles.